The lowest BCUT2D eigenvalue weighted by molar-refractivity contribution is 0.0891. The highest BCUT2D eigenvalue weighted by Gasteiger charge is 2.27. The van der Waals surface area contributed by atoms with E-state index in [9.17, 15) is 13.2 Å². The Morgan fingerprint density at radius 2 is 1.61 bits per heavy atom. The number of hydrogen-bond acceptors (Lipinski definition) is 3. The third-order valence-electron chi connectivity index (χ3n) is 3.95. The maximum atomic E-state index is 12.6. The van der Waals surface area contributed by atoms with Crippen LogP contribution in [0.25, 0.3) is 0 Å². The molecular weight excluding hydrogens is 396 g/mol. The van der Waals surface area contributed by atoms with E-state index < -0.39 is 15.6 Å². The first-order valence-corrected chi connectivity index (χ1v) is 10.9. The van der Waals surface area contributed by atoms with Gasteiger partial charge in [0.1, 0.15) is 0 Å². The minimum Gasteiger partial charge on any atom is -0.347 e. The Hall–Kier alpha value is -2.05. The number of hydrogen-bond donors (Lipinski definition) is 2. The number of sulfonamides is 1. The molecule has 28 heavy (non-hydrogen) atoms. The first-order chi connectivity index (χ1) is 12.8. The van der Waals surface area contributed by atoms with Crippen molar-refractivity contribution in [2.24, 2.45) is 5.41 Å². The van der Waals surface area contributed by atoms with E-state index >= 15 is 0 Å². The van der Waals surface area contributed by atoms with Gasteiger partial charge in [-0.2, -0.15) is 0 Å². The number of halogens is 1. The van der Waals surface area contributed by atoms with Crippen molar-refractivity contribution in [2.75, 3.05) is 4.72 Å². The molecule has 0 saturated carbocycles. The molecule has 0 heterocycles. The zero-order valence-electron chi connectivity index (χ0n) is 16.8. The summed E-state index contributed by atoms with van der Waals surface area (Å²) in [6.07, 6.45) is 0.800. The van der Waals surface area contributed by atoms with Crippen LogP contribution < -0.4 is 10.0 Å². The average Bonchev–Trinajstić information content (AvgIpc) is 2.54. The molecule has 0 aromatic heterocycles. The van der Waals surface area contributed by atoms with Gasteiger partial charge in [0, 0.05) is 11.1 Å². The van der Waals surface area contributed by atoms with Crippen molar-refractivity contribution in [3.63, 3.8) is 0 Å². The molecule has 0 atom stereocenters. The fraction of sp³-hybridized carbons (Fsp3) is 0.381. The van der Waals surface area contributed by atoms with Crippen molar-refractivity contribution in [3.8, 4) is 0 Å². The summed E-state index contributed by atoms with van der Waals surface area (Å²) >= 11 is 6.24. The topological polar surface area (TPSA) is 75.3 Å². The zero-order valence-corrected chi connectivity index (χ0v) is 18.4. The van der Waals surface area contributed by atoms with Gasteiger partial charge in [-0.3, -0.25) is 9.52 Å². The quantitative estimate of drug-likeness (QED) is 0.681. The lowest BCUT2D eigenvalue weighted by Crippen LogP contribution is -2.45. The molecule has 7 heteroatoms. The monoisotopic (exact) mass is 422 g/mol. The molecule has 0 bridgehead atoms. The second-order valence-electron chi connectivity index (χ2n) is 8.69. The van der Waals surface area contributed by atoms with Gasteiger partial charge < -0.3 is 5.32 Å². The Labute approximate surface area is 172 Å². The van der Waals surface area contributed by atoms with Crippen molar-refractivity contribution in [1.29, 1.82) is 0 Å². The second-order valence-corrected chi connectivity index (χ2v) is 10.8. The van der Waals surface area contributed by atoms with Crippen LogP contribution >= 0.6 is 11.6 Å². The molecule has 0 aliphatic carbocycles. The van der Waals surface area contributed by atoms with Crippen molar-refractivity contribution < 1.29 is 13.2 Å². The van der Waals surface area contributed by atoms with E-state index in [1.165, 1.54) is 24.3 Å². The Morgan fingerprint density at radius 1 is 1.00 bits per heavy atom. The summed E-state index contributed by atoms with van der Waals surface area (Å²) in [5.74, 6) is -0.256. The highest BCUT2D eigenvalue weighted by atomic mass is 35.5. The van der Waals surface area contributed by atoms with Crippen LogP contribution in [0.2, 0.25) is 5.02 Å². The molecule has 0 unspecified atom stereocenters. The summed E-state index contributed by atoms with van der Waals surface area (Å²) in [7, 11) is -3.75. The summed E-state index contributed by atoms with van der Waals surface area (Å²) in [5, 5.41) is 3.17. The van der Waals surface area contributed by atoms with Gasteiger partial charge in [0.05, 0.1) is 15.6 Å². The molecule has 5 nitrogen and oxygen atoms in total. The molecular formula is C21H27ClN2O3S. The maximum absolute atomic E-state index is 12.6. The molecule has 0 radical (unpaired) electrons. The van der Waals surface area contributed by atoms with Gasteiger partial charge in [0.2, 0.25) is 0 Å². The molecule has 2 rings (SSSR count). The predicted octanol–water partition coefficient (Wildman–Crippen LogP) is 5.09. The van der Waals surface area contributed by atoms with Gasteiger partial charge in [0.15, 0.2) is 0 Å². The van der Waals surface area contributed by atoms with Gasteiger partial charge in [0.25, 0.3) is 15.9 Å². The van der Waals surface area contributed by atoms with E-state index in [1.54, 1.807) is 24.3 Å². The van der Waals surface area contributed by atoms with Crippen LogP contribution in [0, 0.1) is 5.41 Å². The largest absolute Gasteiger partial charge is 0.347 e. The van der Waals surface area contributed by atoms with Crippen molar-refractivity contribution in [3.05, 3.63) is 59.1 Å². The fourth-order valence-electron chi connectivity index (χ4n) is 3.29. The van der Waals surface area contributed by atoms with E-state index in [0.29, 0.717) is 5.56 Å². The molecule has 152 valence electrons. The summed E-state index contributed by atoms with van der Waals surface area (Å²) in [5.41, 5.74) is 0.259. The molecule has 0 fully saturated rings. The Morgan fingerprint density at radius 3 is 2.14 bits per heavy atom. The van der Waals surface area contributed by atoms with Crippen LogP contribution in [0.5, 0.6) is 0 Å². The molecule has 0 spiro atoms. The lowest BCUT2D eigenvalue weighted by atomic mass is 9.81. The third-order valence-corrected chi connectivity index (χ3v) is 5.65. The Balaban J connectivity index is 2.17. The van der Waals surface area contributed by atoms with Crippen LogP contribution in [0.1, 0.15) is 51.4 Å². The van der Waals surface area contributed by atoms with E-state index in [1.807, 2.05) is 13.8 Å². The molecule has 0 aliphatic rings. The Bertz CT molecular complexity index is 949. The number of benzene rings is 2. The SMILES string of the molecule is CC(C)(C)CC(C)(C)NC(=O)c1ccc(NS(=O)(=O)c2ccccc2)c(Cl)c1. The summed E-state index contributed by atoms with van der Waals surface area (Å²) in [6.45, 7) is 10.3. The number of amides is 1. The Kier molecular flexibility index (Phi) is 6.46. The second kappa shape index (κ2) is 8.13. The summed E-state index contributed by atoms with van der Waals surface area (Å²) in [6, 6.07) is 12.5. The molecule has 0 aliphatic heterocycles. The highest BCUT2D eigenvalue weighted by Crippen LogP contribution is 2.28. The van der Waals surface area contributed by atoms with Crippen molar-refractivity contribution >= 4 is 33.2 Å². The molecule has 2 aromatic rings. The van der Waals surface area contributed by atoms with Crippen LogP contribution in [-0.4, -0.2) is 19.9 Å². The van der Waals surface area contributed by atoms with Crippen LogP contribution in [-0.2, 0) is 10.0 Å². The molecule has 0 saturated heterocycles. The summed E-state index contributed by atoms with van der Waals surface area (Å²) < 4.78 is 27.3. The maximum Gasteiger partial charge on any atom is 0.261 e. The smallest absolute Gasteiger partial charge is 0.261 e. The van der Waals surface area contributed by atoms with E-state index in [2.05, 4.69) is 30.8 Å². The van der Waals surface area contributed by atoms with Crippen molar-refractivity contribution in [1.82, 2.24) is 5.32 Å². The van der Waals surface area contributed by atoms with Crippen LogP contribution in [0.4, 0.5) is 5.69 Å². The van der Waals surface area contributed by atoms with Crippen LogP contribution in [0.3, 0.4) is 0 Å². The molecule has 1 amide bonds. The van der Waals surface area contributed by atoms with Gasteiger partial charge in [-0.15, -0.1) is 0 Å². The van der Waals surface area contributed by atoms with E-state index in [-0.39, 0.29) is 26.9 Å². The van der Waals surface area contributed by atoms with Gasteiger partial charge in [-0.05, 0) is 56.0 Å². The predicted molar refractivity (Wildman–Crippen MR) is 114 cm³/mol. The number of carbonyl (C=O) groups excluding carboxylic acids is 1. The minimum atomic E-state index is -3.75. The standard InChI is InChI=1S/C21H27ClN2O3S/c1-20(2,3)14-21(4,5)23-19(25)15-11-12-18(17(22)13-15)24-28(26,27)16-9-7-6-8-10-16/h6-13,24H,14H2,1-5H3,(H,23,25). The number of anilines is 1. The zero-order chi connectivity index (χ0) is 21.2. The molecule has 2 N–H and O–H groups in total. The first kappa shape index (κ1) is 22.2. The van der Waals surface area contributed by atoms with Gasteiger partial charge in [-0.25, -0.2) is 8.42 Å². The van der Waals surface area contributed by atoms with Gasteiger partial charge >= 0.3 is 0 Å². The van der Waals surface area contributed by atoms with E-state index in [4.69, 9.17) is 11.6 Å². The fourth-order valence-corrected chi connectivity index (χ4v) is 4.68. The normalized spacial score (nSPS) is 12.5. The number of nitrogens with one attached hydrogen (secondary N) is 2. The number of carbonyl (C=O) groups is 1. The first-order valence-electron chi connectivity index (χ1n) is 8.99. The average molecular weight is 423 g/mol. The van der Waals surface area contributed by atoms with Crippen molar-refractivity contribution in [2.45, 2.75) is 51.5 Å². The van der Waals surface area contributed by atoms with Crippen LogP contribution in [0.15, 0.2) is 53.4 Å². The lowest BCUT2D eigenvalue weighted by Gasteiger charge is -2.33. The third kappa shape index (κ3) is 6.24. The van der Waals surface area contributed by atoms with E-state index in [0.717, 1.165) is 6.42 Å². The molecule has 2 aromatic carbocycles. The number of rotatable bonds is 6. The summed E-state index contributed by atoms with van der Waals surface area (Å²) in [4.78, 5) is 12.7. The highest BCUT2D eigenvalue weighted by molar-refractivity contribution is 7.92. The van der Waals surface area contributed by atoms with Gasteiger partial charge in [-0.1, -0.05) is 50.6 Å². The minimum absolute atomic E-state index is 0.0635.